The van der Waals surface area contributed by atoms with E-state index in [9.17, 15) is 0 Å². The van der Waals surface area contributed by atoms with E-state index in [1.54, 1.807) is 0 Å². The maximum atomic E-state index is 5.71. The molecule has 0 heterocycles. The highest BCUT2D eigenvalue weighted by atomic mass is 16.5. The molecule has 0 amide bonds. The lowest BCUT2D eigenvalue weighted by Crippen LogP contribution is -2.24. The summed E-state index contributed by atoms with van der Waals surface area (Å²) in [6, 6.07) is 8.33. The molecule has 0 saturated carbocycles. The van der Waals surface area contributed by atoms with Gasteiger partial charge in [-0.25, -0.2) is 0 Å². The van der Waals surface area contributed by atoms with Gasteiger partial charge in [-0.15, -0.1) is 0 Å². The second-order valence-electron chi connectivity index (χ2n) is 4.19. The lowest BCUT2D eigenvalue weighted by molar-refractivity contribution is 0.271. The number of nitrogens with one attached hydrogen (secondary N) is 1. The Labute approximate surface area is 104 Å². The summed E-state index contributed by atoms with van der Waals surface area (Å²) in [6.45, 7) is 8.62. The first-order valence-corrected chi connectivity index (χ1v) is 6.32. The fraction of sp³-hybridized carbons (Fsp3) is 0.571. The predicted octanol–water partition coefficient (Wildman–Crippen LogP) is 2.85. The molecule has 0 bridgehead atoms. The molecule has 1 aromatic carbocycles. The van der Waals surface area contributed by atoms with Crippen LogP contribution in [0.4, 0.5) is 0 Å². The summed E-state index contributed by atoms with van der Waals surface area (Å²) < 4.78 is 11.2. The Morgan fingerprint density at radius 3 is 2.35 bits per heavy atom. The van der Waals surface area contributed by atoms with Crippen molar-refractivity contribution >= 4 is 0 Å². The molecule has 0 spiro atoms. The number of benzene rings is 1. The molecule has 17 heavy (non-hydrogen) atoms. The molecule has 0 aliphatic heterocycles. The summed E-state index contributed by atoms with van der Waals surface area (Å²) in [5.41, 5.74) is 0. The van der Waals surface area contributed by atoms with Crippen molar-refractivity contribution in [3.8, 4) is 11.5 Å². The van der Waals surface area contributed by atoms with E-state index in [0.717, 1.165) is 24.5 Å². The van der Waals surface area contributed by atoms with Gasteiger partial charge in [0.15, 0.2) is 11.5 Å². The van der Waals surface area contributed by atoms with Gasteiger partial charge in [0, 0.05) is 6.04 Å². The Morgan fingerprint density at radius 1 is 1.12 bits per heavy atom. The lowest BCUT2D eigenvalue weighted by atomic mass is 10.3. The van der Waals surface area contributed by atoms with Gasteiger partial charge >= 0.3 is 0 Å². The first kappa shape index (κ1) is 13.8. The third kappa shape index (κ3) is 5.59. The van der Waals surface area contributed by atoms with Gasteiger partial charge < -0.3 is 14.8 Å². The average molecular weight is 237 g/mol. The topological polar surface area (TPSA) is 30.5 Å². The monoisotopic (exact) mass is 237 g/mol. The second kappa shape index (κ2) is 7.96. The highest BCUT2D eigenvalue weighted by molar-refractivity contribution is 5.39. The molecule has 1 N–H and O–H groups in total. The summed E-state index contributed by atoms with van der Waals surface area (Å²) in [4.78, 5) is 0. The highest BCUT2D eigenvalue weighted by Crippen LogP contribution is 2.26. The van der Waals surface area contributed by atoms with Gasteiger partial charge in [0.1, 0.15) is 0 Å². The van der Waals surface area contributed by atoms with Gasteiger partial charge in [-0.3, -0.25) is 0 Å². The first-order chi connectivity index (χ1) is 8.24. The quantitative estimate of drug-likeness (QED) is 0.705. The lowest BCUT2D eigenvalue weighted by Gasteiger charge is -2.12. The van der Waals surface area contributed by atoms with E-state index in [0.29, 0.717) is 19.3 Å². The smallest absolute Gasteiger partial charge is 0.161 e. The Kier molecular flexibility index (Phi) is 6.48. The van der Waals surface area contributed by atoms with Gasteiger partial charge in [-0.1, -0.05) is 26.0 Å². The zero-order valence-corrected chi connectivity index (χ0v) is 11.0. The maximum absolute atomic E-state index is 5.71. The molecule has 0 aliphatic carbocycles. The third-order valence-electron chi connectivity index (χ3n) is 2.28. The Hall–Kier alpha value is -1.22. The minimum absolute atomic E-state index is 0.533. The van der Waals surface area contributed by atoms with Crippen LogP contribution in [0.3, 0.4) is 0 Å². The zero-order valence-electron chi connectivity index (χ0n) is 11.0. The molecule has 0 aromatic heterocycles. The van der Waals surface area contributed by atoms with Crippen LogP contribution in [0.15, 0.2) is 24.3 Å². The molecule has 0 saturated heterocycles. The third-order valence-corrected chi connectivity index (χ3v) is 2.28. The second-order valence-corrected chi connectivity index (χ2v) is 4.19. The Morgan fingerprint density at radius 2 is 1.76 bits per heavy atom. The summed E-state index contributed by atoms with van der Waals surface area (Å²) in [7, 11) is 0. The largest absolute Gasteiger partial charge is 0.490 e. The van der Waals surface area contributed by atoms with Crippen molar-refractivity contribution in [2.24, 2.45) is 0 Å². The number of para-hydroxylation sites is 2. The molecule has 3 heteroatoms. The van der Waals surface area contributed by atoms with E-state index in [1.807, 2.05) is 31.2 Å². The van der Waals surface area contributed by atoms with Gasteiger partial charge in [-0.05, 0) is 32.0 Å². The standard InChI is InChI=1S/C14H23NO2/c1-4-16-13-8-5-6-9-14(13)17-11-7-10-15-12(2)3/h5-6,8-9,12,15H,4,7,10-11H2,1-3H3. The van der Waals surface area contributed by atoms with Crippen molar-refractivity contribution in [2.75, 3.05) is 19.8 Å². The van der Waals surface area contributed by atoms with Crippen LogP contribution in [0.25, 0.3) is 0 Å². The van der Waals surface area contributed by atoms with Crippen LogP contribution >= 0.6 is 0 Å². The average Bonchev–Trinajstić information content (AvgIpc) is 2.31. The van der Waals surface area contributed by atoms with Crippen LogP contribution in [0.1, 0.15) is 27.2 Å². The summed E-state index contributed by atoms with van der Waals surface area (Å²) >= 11 is 0. The van der Waals surface area contributed by atoms with Crippen LogP contribution < -0.4 is 14.8 Å². The van der Waals surface area contributed by atoms with Crippen molar-refractivity contribution in [1.82, 2.24) is 5.32 Å². The predicted molar refractivity (Wildman–Crippen MR) is 70.9 cm³/mol. The van der Waals surface area contributed by atoms with Gasteiger partial charge in [-0.2, -0.15) is 0 Å². The minimum atomic E-state index is 0.533. The number of hydrogen-bond acceptors (Lipinski definition) is 3. The molecule has 0 fully saturated rings. The van der Waals surface area contributed by atoms with E-state index in [-0.39, 0.29) is 0 Å². The number of hydrogen-bond donors (Lipinski definition) is 1. The fourth-order valence-electron chi connectivity index (χ4n) is 1.49. The van der Waals surface area contributed by atoms with Gasteiger partial charge in [0.25, 0.3) is 0 Å². The summed E-state index contributed by atoms with van der Waals surface area (Å²) in [5, 5.41) is 3.36. The minimum Gasteiger partial charge on any atom is -0.490 e. The fourth-order valence-corrected chi connectivity index (χ4v) is 1.49. The van der Waals surface area contributed by atoms with Gasteiger partial charge in [0.2, 0.25) is 0 Å². The normalized spacial score (nSPS) is 10.6. The summed E-state index contributed by atoms with van der Waals surface area (Å²) in [6.07, 6.45) is 0.999. The SMILES string of the molecule is CCOc1ccccc1OCCCNC(C)C. The van der Waals surface area contributed by atoms with E-state index in [4.69, 9.17) is 9.47 Å². The molecule has 0 atom stereocenters. The van der Waals surface area contributed by atoms with Crippen LogP contribution in [0, 0.1) is 0 Å². The molecular weight excluding hydrogens is 214 g/mol. The molecule has 1 aromatic rings. The molecule has 0 radical (unpaired) electrons. The van der Waals surface area contributed by atoms with Crippen molar-refractivity contribution < 1.29 is 9.47 Å². The molecule has 96 valence electrons. The maximum Gasteiger partial charge on any atom is 0.161 e. The highest BCUT2D eigenvalue weighted by Gasteiger charge is 2.02. The van der Waals surface area contributed by atoms with Crippen LogP contribution in [0.2, 0.25) is 0 Å². The van der Waals surface area contributed by atoms with E-state index < -0.39 is 0 Å². The van der Waals surface area contributed by atoms with Crippen LogP contribution in [-0.4, -0.2) is 25.8 Å². The van der Waals surface area contributed by atoms with E-state index >= 15 is 0 Å². The van der Waals surface area contributed by atoms with Crippen molar-refractivity contribution in [3.63, 3.8) is 0 Å². The molecule has 0 aliphatic rings. The summed E-state index contributed by atoms with van der Waals surface area (Å²) in [5.74, 6) is 1.66. The Bertz CT molecular complexity index is 313. The zero-order chi connectivity index (χ0) is 12.5. The first-order valence-electron chi connectivity index (χ1n) is 6.32. The molecular formula is C14H23NO2. The molecule has 1 rings (SSSR count). The van der Waals surface area contributed by atoms with Crippen molar-refractivity contribution in [1.29, 1.82) is 0 Å². The number of rotatable bonds is 8. The van der Waals surface area contributed by atoms with E-state index in [1.165, 1.54) is 0 Å². The van der Waals surface area contributed by atoms with Crippen molar-refractivity contribution in [2.45, 2.75) is 33.2 Å². The van der Waals surface area contributed by atoms with Crippen molar-refractivity contribution in [3.05, 3.63) is 24.3 Å². The van der Waals surface area contributed by atoms with Crippen LogP contribution in [-0.2, 0) is 0 Å². The molecule has 3 nitrogen and oxygen atoms in total. The van der Waals surface area contributed by atoms with Gasteiger partial charge in [0.05, 0.1) is 13.2 Å². The van der Waals surface area contributed by atoms with E-state index in [2.05, 4.69) is 19.2 Å². The number of ether oxygens (including phenoxy) is 2. The Balaban J connectivity index is 2.30. The molecule has 0 unspecified atom stereocenters. The van der Waals surface area contributed by atoms with Crippen LogP contribution in [0.5, 0.6) is 11.5 Å².